The number of fused-ring (bicyclic) bond motifs is 1. The van der Waals surface area contributed by atoms with Crippen molar-refractivity contribution in [3.63, 3.8) is 0 Å². The Balaban J connectivity index is 1.51. The fraction of sp³-hybridized carbons (Fsp3) is 0.261. The Bertz CT molecular complexity index is 1160. The molecule has 0 unspecified atom stereocenters. The monoisotopic (exact) mass is 406 g/mol. The lowest BCUT2D eigenvalue weighted by Gasteiger charge is -2.34. The van der Waals surface area contributed by atoms with E-state index in [1.165, 1.54) is 24.4 Å². The molecule has 1 aliphatic rings. The second-order valence-electron chi connectivity index (χ2n) is 7.51. The number of aromatic nitrogens is 1. The number of halogens is 2. The molecule has 0 atom stereocenters. The van der Waals surface area contributed by atoms with Crippen molar-refractivity contribution in [2.24, 2.45) is 5.92 Å². The summed E-state index contributed by atoms with van der Waals surface area (Å²) in [6.45, 7) is 2.77. The highest BCUT2D eigenvalue weighted by molar-refractivity contribution is 5.95. The van der Waals surface area contributed by atoms with E-state index < -0.39 is 0 Å². The lowest BCUT2D eigenvalue weighted by Crippen LogP contribution is -2.38. The van der Waals surface area contributed by atoms with Gasteiger partial charge < -0.3 is 10.2 Å². The van der Waals surface area contributed by atoms with Crippen LogP contribution in [0.15, 0.2) is 42.6 Å². The number of rotatable bonds is 3. The summed E-state index contributed by atoms with van der Waals surface area (Å²) in [5, 5.41) is 13.0. The summed E-state index contributed by atoms with van der Waals surface area (Å²) in [4.78, 5) is 18.9. The first-order valence-electron chi connectivity index (χ1n) is 9.76. The first-order valence-corrected chi connectivity index (χ1v) is 9.76. The molecule has 7 heteroatoms. The molecular weight excluding hydrogens is 386 g/mol. The summed E-state index contributed by atoms with van der Waals surface area (Å²) in [6, 6.07) is 11.0. The number of piperidine rings is 1. The van der Waals surface area contributed by atoms with Crippen molar-refractivity contribution in [1.82, 2.24) is 4.98 Å². The molecule has 0 spiro atoms. The normalized spacial score (nSPS) is 14.5. The van der Waals surface area contributed by atoms with Gasteiger partial charge >= 0.3 is 0 Å². The zero-order valence-electron chi connectivity index (χ0n) is 16.5. The average Bonchev–Trinajstić information content (AvgIpc) is 2.75. The summed E-state index contributed by atoms with van der Waals surface area (Å²) in [5.74, 6) is -0.992. The van der Waals surface area contributed by atoms with Crippen molar-refractivity contribution >= 4 is 28.2 Å². The Hall–Kier alpha value is -3.53. The van der Waals surface area contributed by atoms with Crippen molar-refractivity contribution in [3.8, 4) is 6.07 Å². The molecule has 0 radical (unpaired) electrons. The van der Waals surface area contributed by atoms with Gasteiger partial charge in [0.2, 0.25) is 5.91 Å². The van der Waals surface area contributed by atoms with E-state index in [0.717, 1.165) is 0 Å². The Kier molecular flexibility index (Phi) is 5.32. The van der Waals surface area contributed by atoms with Crippen LogP contribution < -0.4 is 10.2 Å². The maximum absolute atomic E-state index is 13.8. The highest BCUT2D eigenvalue weighted by Gasteiger charge is 2.27. The minimum Gasteiger partial charge on any atom is -0.370 e. The van der Waals surface area contributed by atoms with Gasteiger partial charge in [-0.3, -0.25) is 9.78 Å². The lowest BCUT2D eigenvalue weighted by atomic mass is 9.94. The van der Waals surface area contributed by atoms with Gasteiger partial charge in [-0.1, -0.05) is 0 Å². The number of aryl methyl sites for hydroxylation is 1. The summed E-state index contributed by atoms with van der Waals surface area (Å²) >= 11 is 0. The van der Waals surface area contributed by atoms with Gasteiger partial charge in [-0.15, -0.1) is 0 Å². The molecule has 3 aromatic rings. The molecule has 30 heavy (non-hydrogen) atoms. The number of carbonyl (C=O) groups excluding carboxylic acids is 1. The van der Waals surface area contributed by atoms with Gasteiger partial charge in [-0.25, -0.2) is 8.78 Å². The molecule has 4 rings (SSSR count). The molecule has 2 aromatic carbocycles. The van der Waals surface area contributed by atoms with E-state index in [1.807, 2.05) is 4.90 Å². The van der Waals surface area contributed by atoms with Gasteiger partial charge in [0.15, 0.2) is 0 Å². The lowest BCUT2D eigenvalue weighted by molar-refractivity contribution is -0.120. The minimum atomic E-state index is -0.385. The van der Waals surface area contributed by atoms with Crippen LogP contribution in [-0.2, 0) is 4.79 Å². The number of carbonyl (C=O) groups is 1. The van der Waals surface area contributed by atoms with Crippen molar-refractivity contribution in [3.05, 3.63) is 65.4 Å². The number of anilines is 2. The van der Waals surface area contributed by atoms with Crippen LogP contribution >= 0.6 is 0 Å². The molecule has 1 saturated heterocycles. The third kappa shape index (κ3) is 3.81. The highest BCUT2D eigenvalue weighted by atomic mass is 19.1. The molecule has 1 aliphatic heterocycles. The fourth-order valence-electron chi connectivity index (χ4n) is 3.91. The van der Waals surface area contributed by atoms with Crippen LogP contribution in [0.5, 0.6) is 0 Å². The molecule has 2 heterocycles. The van der Waals surface area contributed by atoms with Crippen LogP contribution in [0.2, 0.25) is 0 Å². The smallest absolute Gasteiger partial charge is 0.227 e. The fourth-order valence-corrected chi connectivity index (χ4v) is 3.91. The van der Waals surface area contributed by atoms with Crippen LogP contribution in [0.25, 0.3) is 10.9 Å². The number of nitriles is 1. The molecule has 1 fully saturated rings. The molecule has 0 saturated carbocycles. The summed E-state index contributed by atoms with van der Waals surface area (Å²) in [6.07, 6.45) is 2.69. The minimum absolute atomic E-state index is 0.105. The maximum Gasteiger partial charge on any atom is 0.227 e. The van der Waals surface area contributed by atoms with Crippen LogP contribution in [0.3, 0.4) is 0 Å². The molecule has 1 amide bonds. The van der Waals surface area contributed by atoms with Crippen LogP contribution in [0, 0.1) is 35.8 Å². The van der Waals surface area contributed by atoms with Gasteiger partial charge in [0.25, 0.3) is 0 Å². The Morgan fingerprint density at radius 2 is 1.97 bits per heavy atom. The number of hydrogen-bond acceptors (Lipinski definition) is 4. The van der Waals surface area contributed by atoms with Gasteiger partial charge in [0.05, 0.1) is 16.8 Å². The van der Waals surface area contributed by atoms with Gasteiger partial charge in [-0.2, -0.15) is 5.26 Å². The molecule has 0 bridgehead atoms. The first-order chi connectivity index (χ1) is 14.5. The summed E-state index contributed by atoms with van der Waals surface area (Å²) < 4.78 is 27.3. The number of pyridine rings is 1. The Labute approximate surface area is 172 Å². The Morgan fingerprint density at radius 1 is 1.20 bits per heavy atom. The van der Waals surface area contributed by atoms with Crippen LogP contribution in [0.4, 0.5) is 20.2 Å². The van der Waals surface area contributed by atoms with E-state index in [1.54, 1.807) is 25.1 Å². The van der Waals surface area contributed by atoms with Crippen LogP contribution in [-0.4, -0.2) is 24.0 Å². The van der Waals surface area contributed by atoms with E-state index in [4.69, 9.17) is 0 Å². The number of hydrogen-bond donors (Lipinski definition) is 1. The van der Waals surface area contributed by atoms with Crippen molar-refractivity contribution in [2.45, 2.75) is 19.8 Å². The molecule has 152 valence electrons. The second kappa shape index (κ2) is 8.07. The van der Waals surface area contributed by atoms with Gasteiger partial charge in [0, 0.05) is 36.3 Å². The number of amides is 1. The Morgan fingerprint density at radius 3 is 2.67 bits per heavy atom. The average molecular weight is 406 g/mol. The van der Waals surface area contributed by atoms with Crippen molar-refractivity contribution in [1.29, 1.82) is 5.26 Å². The number of benzene rings is 2. The predicted octanol–water partition coefficient (Wildman–Crippen LogP) is 4.55. The molecule has 1 aromatic heterocycles. The largest absolute Gasteiger partial charge is 0.370 e. The molecule has 1 N–H and O–H groups in total. The zero-order chi connectivity index (χ0) is 21.3. The van der Waals surface area contributed by atoms with Crippen molar-refractivity contribution < 1.29 is 13.6 Å². The maximum atomic E-state index is 13.8. The summed E-state index contributed by atoms with van der Waals surface area (Å²) in [7, 11) is 0. The van der Waals surface area contributed by atoms with Crippen molar-refractivity contribution in [2.75, 3.05) is 23.3 Å². The predicted molar refractivity (Wildman–Crippen MR) is 111 cm³/mol. The third-order valence-corrected chi connectivity index (χ3v) is 5.53. The van der Waals surface area contributed by atoms with E-state index in [2.05, 4.69) is 16.4 Å². The topological polar surface area (TPSA) is 69.0 Å². The van der Waals surface area contributed by atoms with Gasteiger partial charge in [0.1, 0.15) is 17.7 Å². The SMILES string of the molecule is Cc1cc(NC(=O)C2CCN(c3c(C#N)cnc4ccc(F)cc34)CC2)ccc1F. The van der Waals surface area contributed by atoms with E-state index in [0.29, 0.717) is 59.3 Å². The van der Waals surface area contributed by atoms with E-state index in [-0.39, 0.29) is 23.5 Å². The first kappa shape index (κ1) is 19.8. The second-order valence-corrected chi connectivity index (χ2v) is 7.51. The number of nitrogens with zero attached hydrogens (tertiary/aromatic N) is 3. The highest BCUT2D eigenvalue weighted by Crippen LogP contribution is 2.33. The summed E-state index contributed by atoms with van der Waals surface area (Å²) in [5.41, 5.74) is 2.72. The quantitative estimate of drug-likeness (QED) is 0.693. The molecule has 0 aliphatic carbocycles. The van der Waals surface area contributed by atoms with E-state index >= 15 is 0 Å². The van der Waals surface area contributed by atoms with Gasteiger partial charge in [-0.05, 0) is 61.7 Å². The number of nitrogens with one attached hydrogen (secondary N) is 1. The van der Waals surface area contributed by atoms with E-state index in [9.17, 15) is 18.8 Å². The standard InChI is InChI=1S/C23H20F2N4O/c1-14-10-18(3-4-20(14)25)28-23(30)15-6-8-29(9-7-15)22-16(12-26)13-27-21-5-2-17(24)11-19(21)22/h2-5,10-11,13,15H,6-9H2,1H3,(H,28,30). The molecular formula is C23H20F2N4O. The van der Waals surface area contributed by atoms with Crippen LogP contribution in [0.1, 0.15) is 24.0 Å². The molecule has 5 nitrogen and oxygen atoms in total. The third-order valence-electron chi connectivity index (χ3n) is 5.53. The zero-order valence-corrected chi connectivity index (χ0v) is 16.5.